The van der Waals surface area contributed by atoms with E-state index in [9.17, 15) is 9.59 Å². The van der Waals surface area contributed by atoms with Gasteiger partial charge in [0.1, 0.15) is 6.04 Å². The number of hydrogen-bond donors (Lipinski definition) is 0. The molecule has 102 valence electrons. The molecule has 1 amide bonds. The second-order valence-corrected chi connectivity index (χ2v) is 4.80. The number of hydrogen-bond acceptors (Lipinski definition) is 4. The lowest BCUT2D eigenvalue weighted by Crippen LogP contribution is -2.48. The molecule has 5 nitrogen and oxygen atoms in total. The van der Waals surface area contributed by atoms with Gasteiger partial charge in [0, 0.05) is 18.9 Å². The van der Waals surface area contributed by atoms with Crippen LogP contribution in [0.1, 0.15) is 29.6 Å². The first-order chi connectivity index (χ1) is 9.15. The number of nitrogens with zero attached hydrogens (tertiary/aromatic N) is 2. The largest absolute Gasteiger partial charge is 0.467 e. The molecule has 1 aromatic rings. The highest BCUT2D eigenvalue weighted by molar-refractivity contribution is 6.33. The smallest absolute Gasteiger partial charge is 0.328 e. The zero-order chi connectivity index (χ0) is 13.8. The van der Waals surface area contributed by atoms with E-state index < -0.39 is 6.04 Å². The predicted octanol–water partition coefficient (Wildman–Crippen LogP) is 1.90. The Morgan fingerprint density at radius 2 is 2.26 bits per heavy atom. The summed E-state index contributed by atoms with van der Waals surface area (Å²) in [6, 6.07) is 1.04. The van der Waals surface area contributed by atoms with Gasteiger partial charge in [-0.2, -0.15) is 0 Å². The number of carbonyl (C=O) groups is 2. The molecule has 1 fully saturated rings. The summed E-state index contributed by atoms with van der Waals surface area (Å²) in [6.45, 7) is 0.532. The van der Waals surface area contributed by atoms with Crippen molar-refractivity contribution in [1.29, 1.82) is 0 Å². The molecule has 6 heteroatoms. The highest BCUT2D eigenvalue weighted by Crippen LogP contribution is 2.23. The number of pyridine rings is 1. The van der Waals surface area contributed by atoms with E-state index >= 15 is 0 Å². The Morgan fingerprint density at radius 3 is 2.95 bits per heavy atom. The maximum absolute atomic E-state index is 12.4. The van der Waals surface area contributed by atoms with E-state index in [2.05, 4.69) is 4.98 Å². The summed E-state index contributed by atoms with van der Waals surface area (Å²) in [6.07, 6.45) is 5.35. The van der Waals surface area contributed by atoms with Crippen molar-refractivity contribution < 1.29 is 14.3 Å². The molecule has 0 unspecified atom stereocenters. The Kier molecular flexibility index (Phi) is 4.37. The molecule has 19 heavy (non-hydrogen) atoms. The Balaban J connectivity index is 2.25. The third-order valence-electron chi connectivity index (χ3n) is 3.24. The average molecular weight is 283 g/mol. The van der Waals surface area contributed by atoms with Crippen LogP contribution < -0.4 is 0 Å². The van der Waals surface area contributed by atoms with Crippen LogP contribution in [0.5, 0.6) is 0 Å². The molecule has 0 radical (unpaired) electrons. The molecular formula is C13H15ClN2O3. The summed E-state index contributed by atoms with van der Waals surface area (Å²) in [7, 11) is 1.33. The lowest BCUT2D eigenvalue weighted by atomic mass is 10.0. The van der Waals surface area contributed by atoms with Crippen molar-refractivity contribution in [2.75, 3.05) is 13.7 Å². The van der Waals surface area contributed by atoms with Gasteiger partial charge in [-0.05, 0) is 25.3 Å². The second-order valence-electron chi connectivity index (χ2n) is 4.39. The number of likely N-dealkylation sites (tertiary alicyclic amines) is 1. The van der Waals surface area contributed by atoms with E-state index in [1.807, 2.05) is 0 Å². The van der Waals surface area contributed by atoms with Gasteiger partial charge in [-0.25, -0.2) is 4.79 Å². The quantitative estimate of drug-likeness (QED) is 0.778. The fraction of sp³-hybridized carbons (Fsp3) is 0.462. The summed E-state index contributed by atoms with van der Waals surface area (Å²) < 4.78 is 4.75. The van der Waals surface area contributed by atoms with Crippen molar-refractivity contribution in [2.24, 2.45) is 0 Å². The number of rotatable bonds is 2. The van der Waals surface area contributed by atoms with Crippen LogP contribution in [-0.2, 0) is 9.53 Å². The van der Waals surface area contributed by atoms with Crippen molar-refractivity contribution in [1.82, 2.24) is 9.88 Å². The SMILES string of the molecule is COC(=O)[C@H]1CCCCN1C(=O)c1cnccc1Cl. The van der Waals surface area contributed by atoms with E-state index in [1.54, 1.807) is 6.07 Å². The molecule has 0 N–H and O–H groups in total. The van der Waals surface area contributed by atoms with Crippen LogP contribution in [0.25, 0.3) is 0 Å². The van der Waals surface area contributed by atoms with Crippen LogP contribution >= 0.6 is 11.6 Å². The minimum absolute atomic E-state index is 0.270. The maximum atomic E-state index is 12.4. The van der Waals surface area contributed by atoms with E-state index in [4.69, 9.17) is 16.3 Å². The zero-order valence-corrected chi connectivity index (χ0v) is 11.4. The topological polar surface area (TPSA) is 59.5 Å². The number of ether oxygens (including phenoxy) is 1. The Morgan fingerprint density at radius 1 is 1.47 bits per heavy atom. The van der Waals surface area contributed by atoms with E-state index in [1.165, 1.54) is 24.4 Å². The number of esters is 1. The Bertz CT molecular complexity index is 493. The van der Waals surface area contributed by atoms with Crippen molar-refractivity contribution >= 4 is 23.5 Å². The Labute approximate surface area is 116 Å². The highest BCUT2D eigenvalue weighted by Gasteiger charge is 2.34. The second kappa shape index (κ2) is 6.02. The molecule has 0 saturated carbocycles. The van der Waals surface area contributed by atoms with E-state index in [0.717, 1.165) is 12.8 Å². The fourth-order valence-corrected chi connectivity index (χ4v) is 2.43. The first-order valence-corrected chi connectivity index (χ1v) is 6.51. The molecule has 1 atom stereocenters. The van der Waals surface area contributed by atoms with Crippen molar-refractivity contribution in [3.8, 4) is 0 Å². The first kappa shape index (κ1) is 13.8. The Hall–Kier alpha value is -1.62. The van der Waals surface area contributed by atoms with Crippen LogP contribution in [-0.4, -0.2) is 41.5 Å². The molecule has 2 rings (SSSR count). The van der Waals surface area contributed by atoms with Crippen LogP contribution in [0.15, 0.2) is 18.5 Å². The molecule has 1 aliphatic heterocycles. The van der Waals surface area contributed by atoms with E-state index in [-0.39, 0.29) is 11.9 Å². The number of piperidine rings is 1. The number of amides is 1. The van der Waals surface area contributed by atoms with Crippen LogP contribution in [0, 0.1) is 0 Å². The third kappa shape index (κ3) is 2.87. The van der Waals surface area contributed by atoms with Gasteiger partial charge in [0.25, 0.3) is 5.91 Å². The van der Waals surface area contributed by atoms with E-state index in [0.29, 0.717) is 23.6 Å². The number of aromatic nitrogens is 1. The summed E-state index contributed by atoms with van der Waals surface area (Å²) in [4.78, 5) is 29.6. The maximum Gasteiger partial charge on any atom is 0.328 e. The number of halogens is 1. The van der Waals surface area contributed by atoms with Crippen molar-refractivity contribution in [3.63, 3.8) is 0 Å². The lowest BCUT2D eigenvalue weighted by molar-refractivity contribution is -0.147. The van der Waals surface area contributed by atoms with Crippen molar-refractivity contribution in [2.45, 2.75) is 25.3 Å². The fourth-order valence-electron chi connectivity index (χ4n) is 2.25. The zero-order valence-electron chi connectivity index (χ0n) is 10.6. The normalized spacial score (nSPS) is 19.1. The molecule has 1 aliphatic rings. The molecule has 0 bridgehead atoms. The molecule has 0 aromatic carbocycles. The molecule has 2 heterocycles. The van der Waals surface area contributed by atoms with Gasteiger partial charge in [-0.3, -0.25) is 9.78 Å². The summed E-state index contributed by atoms with van der Waals surface area (Å²) in [5, 5.41) is 0.342. The van der Waals surface area contributed by atoms with Crippen LogP contribution in [0.3, 0.4) is 0 Å². The monoisotopic (exact) mass is 282 g/mol. The minimum atomic E-state index is -0.525. The average Bonchev–Trinajstić information content (AvgIpc) is 2.46. The third-order valence-corrected chi connectivity index (χ3v) is 3.56. The van der Waals surface area contributed by atoms with Crippen molar-refractivity contribution in [3.05, 3.63) is 29.0 Å². The summed E-state index contributed by atoms with van der Waals surface area (Å²) >= 11 is 6.00. The molecule has 0 aliphatic carbocycles. The van der Waals surface area contributed by atoms with Crippen LogP contribution in [0.2, 0.25) is 5.02 Å². The molecule has 1 aromatic heterocycles. The molecular weight excluding hydrogens is 268 g/mol. The van der Waals surface area contributed by atoms with Gasteiger partial charge >= 0.3 is 5.97 Å². The van der Waals surface area contributed by atoms with Gasteiger partial charge in [-0.1, -0.05) is 11.6 Å². The van der Waals surface area contributed by atoms with Gasteiger partial charge in [-0.15, -0.1) is 0 Å². The molecule has 1 saturated heterocycles. The predicted molar refractivity (Wildman–Crippen MR) is 69.9 cm³/mol. The first-order valence-electron chi connectivity index (χ1n) is 6.13. The molecule has 0 spiro atoms. The van der Waals surface area contributed by atoms with Crippen LogP contribution in [0.4, 0.5) is 0 Å². The van der Waals surface area contributed by atoms with Gasteiger partial charge < -0.3 is 9.64 Å². The number of methoxy groups -OCH3 is 1. The van der Waals surface area contributed by atoms with Gasteiger partial charge in [0.05, 0.1) is 17.7 Å². The minimum Gasteiger partial charge on any atom is -0.467 e. The summed E-state index contributed by atoms with van der Waals surface area (Å²) in [5.41, 5.74) is 0.319. The highest BCUT2D eigenvalue weighted by atomic mass is 35.5. The number of carbonyl (C=O) groups excluding carboxylic acids is 2. The standard InChI is InChI=1S/C13H15ClN2O3/c1-19-13(18)11-4-2-3-7-16(11)12(17)9-8-15-6-5-10(9)14/h5-6,8,11H,2-4,7H2,1H3/t11-/m1/s1. The lowest BCUT2D eigenvalue weighted by Gasteiger charge is -2.33. The summed E-state index contributed by atoms with van der Waals surface area (Å²) in [5.74, 6) is -0.652. The van der Waals surface area contributed by atoms with Gasteiger partial charge in [0.15, 0.2) is 0 Å². The van der Waals surface area contributed by atoms with Gasteiger partial charge in [0.2, 0.25) is 0 Å².